The molecule has 198 valence electrons. The van der Waals surface area contributed by atoms with Gasteiger partial charge >= 0.3 is 0 Å². The topological polar surface area (TPSA) is 20.3 Å². The molecule has 0 aromatic rings. The van der Waals surface area contributed by atoms with Crippen molar-refractivity contribution in [1.82, 2.24) is 4.90 Å². The molecular weight excluding hydrogens is 402 g/mol. The SMILES string of the molecule is CCCCCCCCCCCCN(CCCCCCCCCCCC)C(C(C)=O)C(C)CC. The van der Waals surface area contributed by atoms with Crippen LogP contribution < -0.4 is 0 Å². The Bertz CT molecular complexity index is 384. The fourth-order valence-corrected chi connectivity index (χ4v) is 5.24. The molecule has 0 heterocycles. The molecule has 0 aliphatic rings. The molecule has 0 saturated heterocycles. The average Bonchev–Trinajstić information content (AvgIpc) is 2.80. The van der Waals surface area contributed by atoms with Crippen molar-refractivity contribution in [3.05, 3.63) is 0 Å². The van der Waals surface area contributed by atoms with Gasteiger partial charge in [0.1, 0.15) is 5.78 Å². The number of nitrogens with zero attached hydrogens (tertiary/aromatic N) is 1. The summed E-state index contributed by atoms with van der Waals surface area (Å²) in [7, 11) is 0. The van der Waals surface area contributed by atoms with Crippen molar-refractivity contribution in [2.75, 3.05) is 13.1 Å². The first kappa shape index (κ1) is 32.6. The molecule has 0 saturated carbocycles. The molecule has 0 aliphatic heterocycles. The summed E-state index contributed by atoms with van der Waals surface area (Å²) in [5.41, 5.74) is 0. The molecule has 0 N–H and O–H groups in total. The Kier molecular flexibility index (Phi) is 24.5. The molecule has 0 spiro atoms. The van der Waals surface area contributed by atoms with Crippen molar-refractivity contribution in [2.45, 2.75) is 175 Å². The predicted molar refractivity (Wildman–Crippen MR) is 149 cm³/mol. The van der Waals surface area contributed by atoms with Crippen LogP contribution in [-0.2, 0) is 4.79 Å². The fraction of sp³-hybridized carbons (Fsp3) is 0.968. The van der Waals surface area contributed by atoms with E-state index in [1.165, 1.54) is 128 Å². The molecule has 0 radical (unpaired) electrons. The number of carbonyl (C=O) groups excluding carboxylic acids is 1. The molecule has 2 atom stereocenters. The van der Waals surface area contributed by atoms with E-state index in [2.05, 4.69) is 32.6 Å². The normalized spacial score (nSPS) is 13.5. The zero-order valence-electron chi connectivity index (χ0n) is 23.8. The van der Waals surface area contributed by atoms with E-state index in [9.17, 15) is 4.79 Å². The second-order valence-corrected chi connectivity index (χ2v) is 10.8. The molecule has 33 heavy (non-hydrogen) atoms. The quantitative estimate of drug-likeness (QED) is 0.118. The number of hydrogen-bond acceptors (Lipinski definition) is 2. The van der Waals surface area contributed by atoms with Gasteiger partial charge in [-0.3, -0.25) is 9.69 Å². The summed E-state index contributed by atoms with van der Waals surface area (Å²) >= 11 is 0. The Balaban J connectivity index is 4.16. The van der Waals surface area contributed by atoms with Crippen molar-refractivity contribution in [3.8, 4) is 0 Å². The molecule has 0 aromatic heterocycles. The van der Waals surface area contributed by atoms with E-state index in [1.807, 2.05) is 6.92 Å². The number of unbranched alkanes of at least 4 members (excludes halogenated alkanes) is 18. The number of Topliss-reactive ketones (excluding diaryl/α,β-unsaturated/α-hetero) is 1. The second kappa shape index (κ2) is 24.7. The lowest BCUT2D eigenvalue weighted by atomic mass is 9.93. The van der Waals surface area contributed by atoms with Crippen LogP contribution >= 0.6 is 0 Å². The molecule has 0 fully saturated rings. The van der Waals surface area contributed by atoms with Gasteiger partial charge in [0.15, 0.2) is 0 Å². The summed E-state index contributed by atoms with van der Waals surface area (Å²) in [6.07, 6.45) is 28.7. The van der Waals surface area contributed by atoms with Crippen molar-refractivity contribution in [2.24, 2.45) is 5.92 Å². The van der Waals surface area contributed by atoms with E-state index in [0.717, 1.165) is 19.5 Å². The van der Waals surface area contributed by atoms with E-state index in [1.54, 1.807) is 0 Å². The highest BCUT2D eigenvalue weighted by Gasteiger charge is 2.26. The van der Waals surface area contributed by atoms with E-state index in [-0.39, 0.29) is 6.04 Å². The van der Waals surface area contributed by atoms with Crippen LogP contribution in [0.15, 0.2) is 0 Å². The molecule has 2 heteroatoms. The van der Waals surface area contributed by atoms with Gasteiger partial charge in [0.2, 0.25) is 0 Å². The van der Waals surface area contributed by atoms with Crippen LogP contribution in [0.25, 0.3) is 0 Å². The Labute approximate surface area is 210 Å². The highest BCUT2D eigenvalue weighted by Crippen LogP contribution is 2.19. The fourth-order valence-electron chi connectivity index (χ4n) is 5.24. The van der Waals surface area contributed by atoms with Gasteiger partial charge in [-0.2, -0.15) is 0 Å². The minimum Gasteiger partial charge on any atom is -0.298 e. The van der Waals surface area contributed by atoms with E-state index in [0.29, 0.717) is 11.7 Å². The van der Waals surface area contributed by atoms with Crippen molar-refractivity contribution >= 4 is 5.78 Å². The smallest absolute Gasteiger partial charge is 0.147 e. The maximum absolute atomic E-state index is 12.5. The van der Waals surface area contributed by atoms with E-state index >= 15 is 0 Å². The van der Waals surface area contributed by atoms with Crippen molar-refractivity contribution in [1.29, 1.82) is 0 Å². The summed E-state index contributed by atoms with van der Waals surface area (Å²) in [6, 6.07) is 0.132. The maximum atomic E-state index is 12.5. The van der Waals surface area contributed by atoms with Gasteiger partial charge in [-0.25, -0.2) is 0 Å². The van der Waals surface area contributed by atoms with Gasteiger partial charge < -0.3 is 0 Å². The minimum atomic E-state index is 0.132. The van der Waals surface area contributed by atoms with E-state index in [4.69, 9.17) is 0 Å². The molecule has 0 aliphatic carbocycles. The Morgan fingerprint density at radius 3 is 1.12 bits per heavy atom. The van der Waals surface area contributed by atoms with Crippen LogP contribution in [0.4, 0.5) is 0 Å². The first-order valence-corrected chi connectivity index (χ1v) is 15.3. The molecule has 0 rings (SSSR count). The Hall–Kier alpha value is -0.370. The molecular formula is C31H63NO. The van der Waals surface area contributed by atoms with Crippen LogP contribution in [0, 0.1) is 5.92 Å². The van der Waals surface area contributed by atoms with Crippen molar-refractivity contribution < 1.29 is 4.79 Å². The number of hydrogen-bond donors (Lipinski definition) is 0. The highest BCUT2D eigenvalue weighted by atomic mass is 16.1. The monoisotopic (exact) mass is 465 g/mol. The zero-order chi connectivity index (χ0) is 24.6. The second-order valence-electron chi connectivity index (χ2n) is 10.8. The lowest BCUT2D eigenvalue weighted by molar-refractivity contribution is -0.124. The summed E-state index contributed by atoms with van der Waals surface area (Å²) in [6.45, 7) is 13.1. The predicted octanol–water partition coefficient (Wildman–Crippen LogP) is 10.1. The molecule has 0 bridgehead atoms. The standard InChI is InChI=1S/C31H63NO/c1-6-9-11-13-15-17-19-21-23-25-27-32(31(30(5)33)29(4)8-3)28-26-24-22-20-18-16-14-12-10-7-2/h29,31H,6-28H2,1-5H3. The van der Waals surface area contributed by atoms with Crippen molar-refractivity contribution in [3.63, 3.8) is 0 Å². The van der Waals surface area contributed by atoms with Gasteiger partial charge in [-0.15, -0.1) is 0 Å². The van der Waals surface area contributed by atoms with Gasteiger partial charge in [0.05, 0.1) is 6.04 Å². The summed E-state index contributed by atoms with van der Waals surface area (Å²) < 4.78 is 0. The summed E-state index contributed by atoms with van der Waals surface area (Å²) in [5, 5.41) is 0. The summed E-state index contributed by atoms with van der Waals surface area (Å²) in [4.78, 5) is 15.1. The number of ketones is 1. The molecule has 0 amide bonds. The van der Waals surface area contributed by atoms with Crippen LogP contribution in [0.5, 0.6) is 0 Å². The van der Waals surface area contributed by atoms with Gasteiger partial charge in [0.25, 0.3) is 0 Å². The first-order chi connectivity index (χ1) is 16.1. The molecule has 2 unspecified atom stereocenters. The van der Waals surface area contributed by atoms with Gasteiger partial charge in [-0.05, 0) is 38.8 Å². The minimum absolute atomic E-state index is 0.132. The third-order valence-corrected chi connectivity index (χ3v) is 7.59. The highest BCUT2D eigenvalue weighted by molar-refractivity contribution is 5.81. The third-order valence-electron chi connectivity index (χ3n) is 7.59. The largest absolute Gasteiger partial charge is 0.298 e. The van der Waals surface area contributed by atoms with Gasteiger partial charge in [-0.1, -0.05) is 150 Å². The third kappa shape index (κ3) is 19.6. The maximum Gasteiger partial charge on any atom is 0.147 e. The lowest BCUT2D eigenvalue weighted by Gasteiger charge is -2.34. The molecule has 0 aromatic carbocycles. The van der Waals surface area contributed by atoms with Crippen LogP contribution in [-0.4, -0.2) is 29.8 Å². The van der Waals surface area contributed by atoms with Gasteiger partial charge in [0, 0.05) is 0 Å². The Morgan fingerprint density at radius 1 is 0.545 bits per heavy atom. The number of carbonyl (C=O) groups is 1. The number of rotatable bonds is 26. The van der Waals surface area contributed by atoms with Crippen LogP contribution in [0.2, 0.25) is 0 Å². The lowest BCUT2D eigenvalue weighted by Crippen LogP contribution is -2.45. The Morgan fingerprint density at radius 2 is 0.848 bits per heavy atom. The average molecular weight is 466 g/mol. The summed E-state index contributed by atoms with van der Waals surface area (Å²) in [5.74, 6) is 0.845. The molecule has 2 nitrogen and oxygen atoms in total. The van der Waals surface area contributed by atoms with Crippen LogP contribution in [0.3, 0.4) is 0 Å². The van der Waals surface area contributed by atoms with Crippen LogP contribution in [0.1, 0.15) is 169 Å². The zero-order valence-corrected chi connectivity index (χ0v) is 23.8. The van der Waals surface area contributed by atoms with E-state index < -0.39 is 0 Å². The first-order valence-electron chi connectivity index (χ1n) is 15.3.